The topological polar surface area (TPSA) is 71.5 Å². The van der Waals surface area contributed by atoms with Crippen LogP contribution in [-0.4, -0.2) is 36.2 Å². The standard InChI is InChI=1S/C21H27NO4S/c1-4-16(18(23)14-8-6-5-7-9-14)19(24)22-17-12-15-10-11-21(17,20(15,2)3)13-27(22,25)26/h5-9,15-17H,4,10-13H2,1-3H3/t15-,16-,17-,21-/m1/s1. The summed E-state index contributed by atoms with van der Waals surface area (Å²) in [5.41, 5.74) is 0.00260. The van der Waals surface area contributed by atoms with Crippen LogP contribution in [0.1, 0.15) is 56.8 Å². The van der Waals surface area contributed by atoms with Crippen LogP contribution in [0.3, 0.4) is 0 Å². The molecular weight excluding hydrogens is 362 g/mol. The average molecular weight is 390 g/mol. The summed E-state index contributed by atoms with van der Waals surface area (Å²) in [6.45, 7) is 6.08. The Morgan fingerprint density at radius 1 is 1.22 bits per heavy atom. The summed E-state index contributed by atoms with van der Waals surface area (Å²) in [5.74, 6) is -1.29. The molecule has 1 saturated heterocycles. The van der Waals surface area contributed by atoms with Crippen LogP contribution in [0.15, 0.2) is 30.3 Å². The molecule has 0 N–H and O–H groups in total. The molecule has 0 radical (unpaired) electrons. The van der Waals surface area contributed by atoms with Crippen LogP contribution in [0.5, 0.6) is 0 Å². The van der Waals surface area contributed by atoms with E-state index < -0.39 is 21.8 Å². The molecule has 3 fully saturated rings. The number of benzene rings is 1. The van der Waals surface area contributed by atoms with Crippen molar-refractivity contribution in [1.29, 1.82) is 0 Å². The first-order valence-corrected chi connectivity index (χ1v) is 11.4. The Hall–Kier alpha value is -1.69. The zero-order chi connectivity index (χ0) is 19.6. The summed E-state index contributed by atoms with van der Waals surface area (Å²) < 4.78 is 27.2. The number of amides is 1. The Morgan fingerprint density at radius 2 is 1.89 bits per heavy atom. The lowest BCUT2D eigenvalue weighted by molar-refractivity contribution is -0.131. The summed E-state index contributed by atoms with van der Waals surface area (Å²) in [6.07, 6.45) is 2.90. The maximum Gasteiger partial charge on any atom is 0.247 e. The normalized spacial score (nSPS) is 33.7. The Morgan fingerprint density at radius 3 is 2.48 bits per heavy atom. The van der Waals surface area contributed by atoms with Gasteiger partial charge in [-0.3, -0.25) is 9.59 Å². The molecule has 27 heavy (non-hydrogen) atoms. The van der Waals surface area contributed by atoms with Gasteiger partial charge in [0, 0.05) is 11.0 Å². The number of sulfonamides is 1. The first kappa shape index (κ1) is 18.7. The van der Waals surface area contributed by atoms with Crippen LogP contribution >= 0.6 is 0 Å². The maximum atomic E-state index is 13.4. The van der Waals surface area contributed by atoms with Gasteiger partial charge >= 0.3 is 0 Å². The summed E-state index contributed by atoms with van der Waals surface area (Å²) in [4.78, 5) is 26.3. The Balaban J connectivity index is 1.70. The molecule has 1 spiro atoms. The predicted molar refractivity (Wildman–Crippen MR) is 103 cm³/mol. The maximum absolute atomic E-state index is 13.4. The van der Waals surface area contributed by atoms with Gasteiger partial charge in [-0.15, -0.1) is 0 Å². The first-order chi connectivity index (χ1) is 12.7. The number of carbonyl (C=O) groups excluding carboxylic acids is 2. The third-order valence-corrected chi connectivity index (χ3v) is 9.62. The molecule has 5 nitrogen and oxygen atoms in total. The molecule has 1 amide bonds. The van der Waals surface area contributed by atoms with E-state index in [4.69, 9.17) is 0 Å². The van der Waals surface area contributed by atoms with Gasteiger partial charge in [0.1, 0.15) is 5.92 Å². The Bertz CT molecular complexity index is 892. The predicted octanol–water partition coefficient (Wildman–Crippen LogP) is 3.26. The summed E-state index contributed by atoms with van der Waals surface area (Å²) in [6, 6.07) is 8.39. The third kappa shape index (κ3) is 2.38. The molecule has 4 atom stereocenters. The first-order valence-electron chi connectivity index (χ1n) is 9.81. The minimum atomic E-state index is -3.70. The summed E-state index contributed by atoms with van der Waals surface area (Å²) in [5, 5.41) is 0. The lowest BCUT2D eigenvalue weighted by Gasteiger charge is -2.37. The summed E-state index contributed by atoms with van der Waals surface area (Å²) in [7, 11) is -3.70. The van der Waals surface area contributed by atoms with Gasteiger partial charge in [0.05, 0.1) is 11.8 Å². The molecular formula is C21H27NO4S. The fourth-order valence-corrected chi connectivity index (χ4v) is 8.58. The average Bonchev–Trinajstić information content (AvgIpc) is 3.10. The van der Waals surface area contributed by atoms with Crippen LogP contribution in [0.2, 0.25) is 0 Å². The molecule has 6 heteroatoms. The lowest BCUT2D eigenvalue weighted by Crippen LogP contribution is -2.47. The molecule has 1 heterocycles. The molecule has 0 unspecified atom stereocenters. The number of fused-ring (bicyclic) bond motifs is 1. The van der Waals surface area contributed by atoms with E-state index in [1.54, 1.807) is 31.2 Å². The fourth-order valence-electron chi connectivity index (χ4n) is 6.01. The molecule has 1 aliphatic heterocycles. The van der Waals surface area contributed by atoms with Crippen LogP contribution in [0, 0.1) is 22.7 Å². The number of rotatable bonds is 4. The van der Waals surface area contributed by atoms with E-state index in [1.165, 1.54) is 0 Å². The van der Waals surface area contributed by atoms with Gasteiger partial charge in [0.2, 0.25) is 15.9 Å². The van der Waals surface area contributed by atoms with E-state index in [-0.39, 0.29) is 28.4 Å². The minimum Gasteiger partial charge on any atom is -0.293 e. The van der Waals surface area contributed by atoms with Gasteiger partial charge in [-0.1, -0.05) is 51.1 Å². The highest BCUT2D eigenvalue weighted by atomic mass is 32.2. The fraction of sp³-hybridized carbons (Fsp3) is 0.619. The van der Waals surface area contributed by atoms with Crippen molar-refractivity contribution in [3.63, 3.8) is 0 Å². The van der Waals surface area contributed by atoms with E-state index in [2.05, 4.69) is 13.8 Å². The molecule has 1 aromatic rings. The van der Waals surface area contributed by atoms with Crippen molar-refractivity contribution < 1.29 is 18.0 Å². The van der Waals surface area contributed by atoms with Gasteiger partial charge in [0.25, 0.3) is 0 Å². The monoisotopic (exact) mass is 389 g/mol. The highest BCUT2D eigenvalue weighted by Crippen LogP contribution is 2.70. The zero-order valence-electron chi connectivity index (χ0n) is 16.1. The van der Waals surface area contributed by atoms with Gasteiger partial charge in [-0.2, -0.15) is 0 Å². The molecule has 2 saturated carbocycles. The number of hydrogen-bond acceptors (Lipinski definition) is 4. The van der Waals surface area contributed by atoms with Crippen LogP contribution in [-0.2, 0) is 14.8 Å². The molecule has 146 valence electrons. The van der Waals surface area contributed by atoms with Crippen molar-refractivity contribution in [1.82, 2.24) is 4.31 Å². The third-order valence-electron chi connectivity index (χ3n) is 7.71. The smallest absolute Gasteiger partial charge is 0.247 e. The molecule has 2 aliphatic carbocycles. The number of Topliss-reactive ketones (excluding diaryl/α,β-unsaturated/α-hetero) is 1. The largest absolute Gasteiger partial charge is 0.293 e. The van der Waals surface area contributed by atoms with Gasteiger partial charge < -0.3 is 0 Å². The van der Waals surface area contributed by atoms with Gasteiger partial charge in [0.15, 0.2) is 5.78 Å². The number of hydrogen-bond donors (Lipinski definition) is 0. The molecule has 2 bridgehead atoms. The lowest BCUT2D eigenvalue weighted by atomic mass is 9.69. The van der Waals surface area contributed by atoms with Crippen molar-refractivity contribution in [2.24, 2.45) is 22.7 Å². The molecule has 3 aliphatic rings. The Labute approximate surface area is 161 Å². The van der Waals surface area contributed by atoms with E-state index in [9.17, 15) is 18.0 Å². The summed E-state index contributed by atoms with van der Waals surface area (Å²) >= 11 is 0. The van der Waals surface area contributed by atoms with E-state index in [0.29, 0.717) is 17.9 Å². The van der Waals surface area contributed by atoms with Gasteiger partial charge in [-0.25, -0.2) is 12.7 Å². The second kappa shape index (κ2) is 5.90. The highest BCUT2D eigenvalue weighted by Gasteiger charge is 2.72. The van der Waals surface area contributed by atoms with Crippen molar-refractivity contribution in [2.75, 3.05) is 5.75 Å². The van der Waals surface area contributed by atoms with E-state index in [0.717, 1.165) is 23.6 Å². The number of nitrogens with zero attached hydrogens (tertiary/aromatic N) is 1. The van der Waals surface area contributed by atoms with Crippen LogP contribution < -0.4 is 0 Å². The second-order valence-corrected chi connectivity index (χ2v) is 10.8. The van der Waals surface area contributed by atoms with E-state index in [1.807, 2.05) is 6.07 Å². The van der Waals surface area contributed by atoms with Gasteiger partial charge in [-0.05, 0) is 37.0 Å². The Kier molecular flexibility index (Phi) is 4.08. The minimum absolute atomic E-state index is 0.0376. The van der Waals surface area contributed by atoms with Crippen molar-refractivity contribution in [3.05, 3.63) is 35.9 Å². The molecule has 0 aromatic heterocycles. The van der Waals surface area contributed by atoms with Crippen LogP contribution in [0.4, 0.5) is 0 Å². The highest BCUT2D eigenvalue weighted by molar-refractivity contribution is 7.90. The molecule has 4 rings (SSSR count). The zero-order valence-corrected chi connectivity index (χ0v) is 17.0. The van der Waals surface area contributed by atoms with Crippen molar-refractivity contribution in [2.45, 2.75) is 52.5 Å². The second-order valence-electron chi connectivity index (χ2n) is 8.95. The quantitative estimate of drug-likeness (QED) is 0.585. The number of ketones is 1. The van der Waals surface area contributed by atoms with E-state index >= 15 is 0 Å². The molecule has 1 aromatic carbocycles. The number of carbonyl (C=O) groups is 2. The van der Waals surface area contributed by atoms with Crippen molar-refractivity contribution in [3.8, 4) is 0 Å². The van der Waals surface area contributed by atoms with Crippen molar-refractivity contribution >= 4 is 21.7 Å². The SMILES string of the molecule is CC[C@H](C(=O)c1ccccc1)C(=O)N1[C@@H]2C[C@H]3CC[C@]2(CS1(=O)=O)C3(C)C. The van der Waals surface area contributed by atoms with Crippen LogP contribution in [0.25, 0.3) is 0 Å².